The molecule has 0 aliphatic rings. The first-order valence-corrected chi connectivity index (χ1v) is 7.47. The standard InChI is InChI=1S/C15H21NS/c1-5-17-10-14-9-13-7-6-12(4)8-15(13)16(14)11(2)3/h6-9,11H,5,10H2,1-4H3. The molecular formula is C15H21NS. The van der Waals surface area contributed by atoms with Crippen molar-refractivity contribution in [2.45, 2.75) is 39.5 Å². The van der Waals surface area contributed by atoms with Crippen LogP contribution in [0.3, 0.4) is 0 Å². The number of hydrogen-bond donors (Lipinski definition) is 0. The first-order valence-electron chi connectivity index (χ1n) is 6.31. The third-order valence-electron chi connectivity index (χ3n) is 3.05. The van der Waals surface area contributed by atoms with Crippen LogP contribution in [-0.2, 0) is 5.75 Å². The average molecular weight is 247 g/mol. The van der Waals surface area contributed by atoms with Gasteiger partial charge in [0.05, 0.1) is 0 Å². The molecule has 0 radical (unpaired) electrons. The predicted octanol–water partition coefficient (Wildman–Crippen LogP) is 4.78. The summed E-state index contributed by atoms with van der Waals surface area (Å²) in [5.74, 6) is 2.29. The van der Waals surface area contributed by atoms with Crippen LogP contribution < -0.4 is 0 Å². The zero-order chi connectivity index (χ0) is 12.4. The van der Waals surface area contributed by atoms with Gasteiger partial charge >= 0.3 is 0 Å². The van der Waals surface area contributed by atoms with Crippen LogP contribution in [0.5, 0.6) is 0 Å². The lowest BCUT2D eigenvalue weighted by Crippen LogP contribution is -2.04. The molecule has 0 bridgehead atoms. The monoisotopic (exact) mass is 247 g/mol. The molecule has 0 aliphatic carbocycles. The average Bonchev–Trinajstić information content (AvgIpc) is 2.63. The quantitative estimate of drug-likeness (QED) is 0.752. The van der Waals surface area contributed by atoms with E-state index >= 15 is 0 Å². The summed E-state index contributed by atoms with van der Waals surface area (Å²) in [7, 11) is 0. The number of aryl methyl sites for hydroxylation is 1. The molecule has 0 saturated carbocycles. The van der Waals surface area contributed by atoms with Gasteiger partial charge in [0.2, 0.25) is 0 Å². The SMILES string of the molecule is CCSCc1cc2ccc(C)cc2n1C(C)C. The smallest absolute Gasteiger partial charge is 0.0487 e. The lowest BCUT2D eigenvalue weighted by Gasteiger charge is -2.14. The number of thioether (sulfide) groups is 1. The normalized spacial score (nSPS) is 11.6. The molecule has 1 aromatic heterocycles. The maximum Gasteiger partial charge on any atom is 0.0487 e. The number of hydrogen-bond acceptors (Lipinski definition) is 1. The van der Waals surface area contributed by atoms with Gasteiger partial charge in [-0.15, -0.1) is 0 Å². The molecule has 2 heteroatoms. The van der Waals surface area contributed by atoms with Crippen molar-refractivity contribution in [3.8, 4) is 0 Å². The molecule has 1 heterocycles. The van der Waals surface area contributed by atoms with Crippen molar-refractivity contribution in [3.63, 3.8) is 0 Å². The summed E-state index contributed by atoms with van der Waals surface area (Å²) >= 11 is 1.99. The Morgan fingerprint density at radius 3 is 2.65 bits per heavy atom. The summed E-state index contributed by atoms with van der Waals surface area (Å²) in [6.45, 7) is 8.92. The molecule has 0 N–H and O–H groups in total. The Hall–Kier alpha value is -0.890. The summed E-state index contributed by atoms with van der Waals surface area (Å²) in [4.78, 5) is 0. The maximum absolute atomic E-state index is 2.48. The van der Waals surface area contributed by atoms with E-state index in [1.54, 1.807) is 0 Å². The van der Waals surface area contributed by atoms with Gasteiger partial charge in [0.25, 0.3) is 0 Å². The number of nitrogens with zero attached hydrogens (tertiary/aromatic N) is 1. The van der Waals surface area contributed by atoms with Crippen LogP contribution in [0.25, 0.3) is 10.9 Å². The summed E-state index contributed by atoms with van der Waals surface area (Å²) in [6, 6.07) is 9.61. The van der Waals surface area contributed by atoms with Gasteiger partial charge < -0.3 is 4.57 Å². The summed E-state index contributed by atoms with van der Waals surface area (Å²) < 4.78 is 2.48. The van der Waals surface area contributed by atoms with Gasteiger partial charge in [-0.25, -0.2) is 0 Å². The highest BCUT2D eigenvalue weighted by molar-refractivity contribution is 7.98. The lowest BCUT2D eigenvalue weighted by atomic mass is 10.2. The van der Waals surface area contributed by atoms with Crippen LogP contribution in [0.1, 0.15) is 38.1 Å². The fraction of sp³-hybridized carbons (Fsp3) is 0.467. The molecule has 0 atom stereocenters. The first kappa shape index (κ1) is 12.6. The Bertz CT molecular complexity index is 511. The maximum atomic E-state index is 2.48. The van der Waals surface area contributed by atoms with E-state index in [1.165, 1.54) is 27.9 Å². The fourth-order valence-corrected chi connectivity index (χ4v) is 2.95. The largest absolute Gasteiger partial charge is 0.341 e. The van der Waals surface area contributed by atoms with E-state index in [0.717, 1.165) is 5.75 Å². The molecule has 0 amide bonds. The minimum atomic E-state index is 0.529. The second-order valence-corrected chi connectivity index (χ2v) is 6.07. The number of fused-ring (bicyclic) bond motifs is 1. The summed E-state index contributed by atoms with van der Waals surface area (Å²) in [5, 5.41) is 1.37. The third-order valence-corrected chi connectivity index (χ3v) is 3.96. The van der Waals surface area contributed by atoms with Crippen LogP contribution in [0.4, 0.5) is 0 Å². The minimum absolute atomic E-state index is 0.529. The first-order chi connectivity index (χ1) is 8.13. The van der Waals surface area contributed by atoms with Gasteiger partial charge in [-0.1, -0.05) is 19.1 Å². The molecule has 17 heavy (non-hydrogen) atoms. The van der Waals surface area contributed by atoms with Gasteiger partial charge in [-0.05, 0) is 49.6 Å². The minimum Gasteiger partial charge on any atom is -0.341 e. The number of rotatable bonds is 4. The topological polar surface area (TPSA) is 4.93 Å². The zero-order valence-electron chi connectivity index (χ0n) is 11.2. The Morgan fingerprint density at radius 2 is 2.00 bits per heavy atom. The molecular weight excluding hydrogens is 226 g/mol. The van der Waals surface area contributed by atoms with E-state index in [2.05, 4.69) is 56.5 Å². The van der Waals surface area contributed by atoms with Crippen molar-refractivity contribution in [1.82, 2.24) is 4.57 Å². The molecule has 0 aliphatic heterocycles. The number of aromatic nitrogens is 1. The fourth-order valence-electron chi connectivity index (χ4n) is 2.32. The Labute approximate surface area is 108 Å². The highest BCUT2D eigenvalue weighted by Gasteiger charge is 2.11. The van der Waals surface area contributed by atoms with Gasteiger partial charge in [-0.3, -0.25) is 0 Å². The van der Waals surface area contributed by atoms with E-state index in [0.29, 0.717) is 6.04 Å². The molecule has 2 aromatic rings. The second-order valence-electron chi connectivity index (χ2n) is 4.80. The molecule has 0 fully saturated rings. The van der Waals surface area contributed by atoms with Crippen LogP contribution in [0.2, 0.25) is 0 Å². The molecule has 1 nitrogen and oxygen atoms in total. The molecule has 92 valence electrons. The molecule has 2 rings (SSSR count). The molecule has 0 spiro atoms. The van der Waals surface area contributed by atoms with E-state index < -0.39 is 0 Å². The molecule has 0 unspecified atom stereocenters. The van der Waals surface area contributed by atoms with Crippen LogP contribution in [0.15, 0.2) is 24.3 Å². The van der Waals surface area contributed by atoms with Crippen molar-refractivity contribution in [2.75, 3.05) is 5.75 Å². The molecule has 0 saturated heterocycles. The van der Waals surface area contributed by atoms with Gasteiger partial charge in [-0.2, -0.15) is 11.8 Å². The van der Waals surface area contributed by atoms with E-state index in [9.17, 15) is 0 Å². The highest BCUT2D eigenvalue weighted by Crippen LogP contribution is 2.27. The van der Waals surface area contributed by atoms with E-state index in [1.807, 2.05) is 11.8 Å². The highest BCUT2D eigenvalue weighted by atomic mass is 32.2. The van der Waals surface area contributed by atoms with Gasteiger partial charge in [0.15, 0.2) is 0 Å². The predicted molar refractivity (Wildman–Crippen MR) is 78.9 cm³/mol. The zero-order valence-corrected chi connectivity index (χ0v) is 12.0. The van der Waals surface area contributed by atoms with Crippen molar-refractivity contribution in [2.24, 2.45) is 0 Å². The lowest BCUT2D eigenvalue weighted by molar-refractivity contribution is 0.606. The van der Waals surface area contributed by atoms with E-state index in [-0.39, 0.29) is 0 Å². The summed E-state index contributed by atoms with van der Waals surface area (Å²) in [6.07, 6.45) is 0. The second kappa shape index (κ2) is 5.18. The van der Waals surface area contributed by atoms with E-state index in [4.69, 9.17) is 0 Å². The van der Waals surface area contributed by atoms with Gasteiger partial charge in [0.1, 0.15) is 0 Å². The van der Waals surface area contributed by atoms with Crippen molar-refractivity contribution >= 4 is 22.7 Å². The molecule has 1 aromatic carbocycles. The van der Waals surface area contributed by atoms with Crippen molar-refractivity contribution in [3.05, 3.63) is 35.5 Å². The summed E-state index contributed by atoms with van der Waals surface area (Å²) in [5.41, 5.74) is 4.17. The van der Waals surface area contributed by atoms with Crippen LogP contribution in [0, 0.1) is 6.92 Å². The van der Waals surface area contributed by atoms with Crippen molar-refractivity contribution in [1.29, 1.82) is 0 Å². The Kier molecular flexibility index (Phi) is 3.82. The number of benzene rings is 1. The Balaban J connectivity index is 2.54. The van der Waals surface area contributed by atoms with Crippen molar-refractivity contribution < 1.29 is 0 Å². The third kappa shape index (κ3) is 2.52. The Morgan fingerprint density at radius 1 is 1.24 bits per heavy atom. The van der Waals surface area contributed by atoms with Crippen LogP contribution >= 0.6 is 11.8 Å². The van der Waals surface area contributed by atoms with Gasteiger partial charge in [0, 0.05) is 23.0 Å². The van der Waals surface area contributed by atoms with Crippen LogP contribution in [-0.4, -0.2) is 10.3 Å².